The van der Waals surface area contributed by atoms with Gasteiger partial charge in [0.1, 0.15) is 0 Å². The second-order valence-corrected chi connectivity index (χ2v) is 26.5. The molecule has 8 aromatic rings. The molecule has 0 aliphatic carbocycles. The highest BCUT2D eigenvalue weighted by Crippen LogP contribution is 2.39. The lowest BCUT2D eigenvalue weighted by Crippen LogP contribution is -2.62. The first-order chi connectivity index (χ1) is 40.0. The number of carbonyl (C=O) groups excluding carboxylic acids is 3. The fraction of sp³-hybridized carbons (Fsp3) is 0.417. The van der Waals surface area contributed by atoms with E-state index in [0.717, 1.165) is 149 Å². The Morgan fingerprint density at radius 1 is 0.571 bits per heavy atom. The van der Waals surface area contributed by atoms with E-state index in [-0.39, 0.29) is 35.3 Å². The average Bonchev–Trinajstić information content (AvgIpc) is 2.79. The molecule has 5 aliphatic rings. The van der Waals surface area contributed by atoms with Gasteiger partial charge in [-0.2, -0.15) is 12.7 Å². The Morgan fingerprint density at radius 3 is 1.31 bits per heavy atom. The number of carbonyl (C=O) groups is 3. The number of cyclic esters (lactones) is 1. The van der Waals surface area contributed by atoms with E-state index in [2.05, 4.69) is 63.1 Å². The fourth-order valence-corrected chi connectivity index (χ4v) is 14.6. The molecule has 0 unspecified atom stereocenters. The number of piperidine rings is 3. The van der Waals surface area contributed by atoms with Gasteiger partial charge in [-0.1, -0.05) is 46.4 Å². The Kier molecular flexibility index (Phi) is 18.2. The van der Waals surface area contributed by atoms with Gasteiger partial charge in [-0.3, -0.25) is 9.59 Å². The number of hydrogen-bond acceptors (Lipinski definition) is 10. The van der Waals surface area contributed by atoms with Gasteiger partial charge in [0, 0.05) is 214 Å². The number of benzene rings is 4. The molecule has 4 aromatic carbocycles. The molecule has 5 saturated heterocycles. The van der Waals surface area contributed by atoms with Crippen molar-refractivity contribution in [1.29, 1.82) is 0 Å². The lowest BCUT2D eigenvalue weighted by molar-refractivity contribution is -0.133. The Morgan fingerprint density at radius 2 is 0.952 bits per heavy atom. The van der Waals surface area contributed by atoms with Crippen molar-refractivity contribution in [3.63, 3.8) is 0 Å². The zero-order valence-electron chi connectivity index (χ0n) is 47.6. The normalized spacial score (nSPS) is 18.6. The summed E-state index contributed by atoms with van der Waals surface area (Å²) in [5.41, 5.74) is 13.3. The quantitative estimate of drug-likeness (QED) is 0.0796. The minimum absolute atomic E-state index is 0.0112. The van der Waals surface area contributed by atoms with E-state index in [1.54, 1.807) is 4.90 Å². The van der Waals surface area contributed by atoms with Crippen LogP contribution < -0.4 is 35.8 Å². The largest absolute Gasteiger partial charge is 0.449 e. The zero-order valence-corrected chi connectivity index (χ0v) is 51.5. The molecule has 13 rings (SSSR count). The van der Waals surface area contributed by atoms with Gasteiger partial charge in [0.05, 0.1) is 6.61 Å². The predicted molar refractivity (Wildman–Crippen MR) is 340 cm³/mol. The third-order valence-electron chi connectivity index (χ3n) is 17.0. The lowest BCUT2D eigenvalue weighted by atomic mass is 9.84. The zero-order chi connectivity index (χ0) is 59.7. The number of amides is 3. The van der Waals surface area contributed by atoms with Gasteiger partial charge < -0.3 is 60.2 Å². The highest BCUT2D eigenvalue weighted by molar-refractivity contribution is 7.86. The summed E-state index contributed by atoms with van der Waals surface area (Å²) in [4.78, 5) is 58.3. The summed E-state index contributed by atoms with van der Waals surface area (Å²) in [6.45, 7) is 11.0. The summed E-state index contributed by atoms with van der Waals surface area (Å²) < 4.78 is 29.8. The van der Waals surface area contributed by atoms with Gasteiger partial charge in [0.15, 0.2) is 0 Å². The first-order valence-corrected chi connectivity index (χ1v) is 31.4. The van der Waals surface area contributed by atoms with Crippen molar-refractivity contribution in [3.05, 3.63) is 118 Å². The molecule has 0 saturated carbocycles. The Labute approximate surface area is 509 Å². The molecule has 448 valence electrons. The van der Waals surface area contributed by atoms with E-state index in [1.807, 2.05) is 107 Å². The Bertz CT molecular complexity index is 3780. The summed E-state index contributed by atoms with van der Waals surface area (Å²) in [5, 5.41) is 15.8. The summed E-state index contributed by atoms with van der Waals surface area (Å²) >= 11 is 24.8. The second kappa shape index (κ2) is 25.2. The van der Waals surface area contributed by atoms with E-state index < -0.39 is 15.7 Å². The number of anilines is 4. The van der Waals surface area contributed by atoms with E-state index in [4.69, 9.17) is 62.0 Å². The molecule has 9 N–H and O–H groups in total. The molecule has 9 heterocycles. The maximum absolute atomic E-state index is 12.0. The van der Waals surface area contributed by atoms with E-state index in [1.165, 1.54) is 20.5 Å². The number of piperazine rings is 1. The SMILES string of the molecule is CC1(C)CN(c2cc(Cl)cc3[nH]ccc23)CCN1S(N)(=O)=O.CN(C)C(=O)C1CCN(c2cc(Cl)cc3[nH]ccc23)CC1.NC(=O)C1CCN(c2cc(Cl)cc3[nH]ccc23)CC1.O=C1NC2(CCO1)CCN(c1cc(Cl)cc3[nH]ccc13)CC2. The van der Waals surface area contributed by atoms with Crippen LogP contribution in [-0.4, -0.2) is 146 Å². The molecular weight excluding hydrogens is 1170 g/mol. The van der Waals surface area contributed by atoms with Crippen molar-refractivity contribution in [2.45, 2.75) is 69.9 Å². The number of fused-ring (bicyclic) bond motifs is 4. The van der Waals surface area contributed by atoms with Crippen molar-refractivity contribution in [2.24, 2.45) is 22.7 Å². The second-order valence-electron chi connectivity index (χ2n) is 23.2. The predicted octanol–water partition coefficient (Wildman–Crippen LogP) is 10.9. The van der Waals surface area contributed by atoms with Crippen molar-refractivity contribution in [3.8, 4) is 0 Å². The highest BCUT2D eigenvalue weighted by atomic mass is 35.5. The molecule has 5 fully saturated rings. The van der Waals surface area contributed by atoms with Gasteiger partial charge in [-0.25, -0.2) is 9.93 Å². The molecule has 0 bridgehead atoms. The number of primary amides is 1. The standard InChI is InChI=1S/C16H18ClN3O2.C16H20ClN3O.C14H19ClN4O2S.C14H16ClN3O/c17-11-9-13-12(1-5-18-13)14(10-11)20-6-2-16(3-7-20)4-8-22-15(21)19-16;1-19(2)16(21)11-4-7-20(8-5-11)15-10-12(17)9-14-13(15)3-6-18-14;1-14(2)9-18(5-6-19(14)22(16,20)21)13-8-10(15)7-12-11(13)3-4-17-12;15-10-7-12-11(1-4-17-12)13(8-10)18-5-2-9(3-6-18)14(16)19/h1,5,9-10,18H,2-4,6-8H2,(H,19,21);3,6,9-11,18H,4-5,7-8H2,1-2H3;3-4,7-8,17H,5-6,9H2,1-2H3,(H2,16,20,21);1,4,7-9,17H,2-3,5-6H2,(H2,16,19). The number of nitrogens with two attached hydrogens (primary N) is 2. The molecule has 0 radical (unpaired) electrons. The van der Waals surface area contributed by atoms with Crippen LogP contribution in [-0.2, 0) is 24.5 Å². The number of nitrogens with zero attached hydrogens (tertiary/aromatic N) is 6. The van der Waals surface area contributed by atoms with Crippen LogP contribution in [0.2, 0.25) is 20.1 Å². The number of rotatable bonds is 7. The van der Waals surface area contributed by atoms with E-state index in [9.17, 15) is 22.8 Å². The summed E-state index contributed by atoms with van der Waals surface area (Å²) in [7, 11) is -0.0477. The topological polar surface area (TPSA) is 241 Å². The van der Waals surface area contributed by atoms with Crippen molar-refractivity contribution in [1.82, 2.24) is 34.5 Å². The van der Waals surface area contributed by atoms with Crippen molar-refractivity contribution >= 4 is 141 Å². The van der Waals surface area contributed by atoms with Gasteiger partial charge in [-0.15, -0.1) is 0 Å². The van der Waals surface area contributed by atoms with Crippen LogP contribution in [0.3, 0.4) is 0 Å². The first kappa shape index (κ1) is 60.6. The van der Waals surface area contributed by atoms with Crippen LogP contribution >= 0.6 is 46.4 Å². The van der Waals surface area contributed by atoms with Gasteiger partial charge >= 0.3 is 6.09 Å². The van der Waals surface area contributed by atoms with Crippen LogP contribution in [0, 0.1) is 11.8 Å². The molecule has 3 amide bonds. The van der Waals surface area contributed by atoms with Crippen LogP contribution in [0.4, 0.5) is 27.5 Å². The van der Waals surface area contributed by atoms with Crippen LogP contribution in [0.25, 0.3) is 43.6 Å². The molecule has 1 spiro atoms. The summed E-state index contributed by atoms with van der Waals surface area (Å²) in [6, 6.07) is 23.9. The maximum atomic E-state index is 12.0. The lowest BCUT2D eigenvalue weighted by Gasteiger charge is -2.46. The molecule has 4 aromatic heterocycles. The molecule has 0 atom stereocenters. The number of hydrogen-bond donors (Lipinski definition) is 7. The highest BCUT2D eigenvalue weighted by Gasteiger charge is 2.41. The first-order valence-electron chi connectivity index (χ1n) is 28.4. The van der Waals surface area contributed by atoms with E-state index >= 15 is 0 Å². The third kappa shape index (κ3) is 13.6. The number of aromatic amines is 4. The molecular formula is C60H73Cl4N13O6S. The van der Waals surface area contributed by atoms with E-state index in [0.29, 0.717) is 31.3 Å². The van der Waals surface area contributed by atoms with Gasteiger partial charge in [-0.05, 0) is 125 Å². The fourth-order valence-electron chi connectivity index (χ4n) is 12.7. The Hall–Kier alpha value is -6.52. The smallest absolute Gasteiger partial charge is 0.407 e. The van der Waals surface area contributed by atoms with Crippen LogP contribution in [0.5, 0.6) is 0 Å². The molecule has 84 heavy (non-hydrogen) atoms. The van der Waals surface area contributed by atoms with Gasteiger partial charge in [0.25, 0.3) is 10.2 Å². The summed E-state index contributed by atoms with van der Waals surface area (Å²) in [5.74, 6) is 0.222. The Balaban J connectivity index is 0.000000125. The number of nitrogens with one attached hydrogen (secondary N) is 5. The number of ether oxygens (including phenoxy) is 1. The maximum Gasteiger partial charge on any atom is 0.407 e. The number of halogens is 4. The minimum Gasteiger partial charge on any atom is -0.449 e. The molecule has 19 nitrogen and oxygen atoms in total. The summed E-state index contributed by atoms with van der Waals surface area (Å²) in [6.07, 6.45) is 13.6. The monoisotopic (exact) mass is 1240 g/mol. The third-order valence-corrected chi connectivity index (χ3v) is 19.2. The minimum atomic E-state index is -3.70. The van der Waals surface area contributed by atoms with Gasteiger partial charge in [0.2, 0.25) is 11.8 Å². The van der Waals surface area contributed by atoms with Crippen LogP contribution in [0.15, 0.2) is 97.6 Å². The number of H-pyrrole nitrogens is 4. The number of alkyl carbamates (subject to hydrolysis) is 1. The molecule has 24 heteroatoms. The number of aromatic nitrogens is 4. The average molecular weight is 1250 g/mol. The van der Waals surface area contributed by atoms with Crippen molar-refractivity contribution in [2.75, 3.05) is 99.2 Å². The molecule has 5 aliphatic heterocycles. The van der Waals surface area contributed by atoms with Crippen LogP contribution in [0.1, 0.15) is 58.8 Å². The van der Waals surface area contributed by atoms with Crippen molar-refractivity contribution < 1.29 is 27.5 Å².